The largest absolute Gasteiger partial charge is 0.496 e. The Bertz CT molecular complexity index is 778. The van der Waals surface area contributed by atoms with Gasteiger partial charge in [0.1, 0.15) is 5.75 Å². The monoisotopic (exact) mass is 385 g/mol. The van der Waals surface area contributed by atoms with E-state index >= 15 is 0 Å². The second kappa shape index (κ2) is 8.38. The van der Waals surface area contributed by atoms with Crippen LogP contribution in [-0.4, -0.2) is 18.8 Å². The van der Waals surface area contributed by atoms with Gasteiger partial charge in [0.05, 0.1) is 22.7 Å². The van der Waals surface area contributed by atoms with Crippen molar-refractivity contribution in [1.29, 1.82) is 0 Å². The van der Waals surface area contributed by atoms with E-state index < -0.39 is 0 Å². The van der Waals surface area contributed by atoms with Gasteiger partial charge in [0.15, 0.2) is 5.78 Å². The first-order chi connectivity index (χ1) is 11.4. The van der Waals surface area contributed by atoms with Crippen LogP contribution in [0, 0.1) is 0 Å². The molecule has 0 unspecified atom stereocenters. The fourth-order valence-corrected chi connectivity index (χ4v) is 2.53. The summed E-state index contributed by atoms with van der Waals surface area (Å²) in [7, 11) is 1.47. The summed E-state index contributed by atoms with van der Waals surface area (Å²) in [6, 6.07) is 9.54. The van der Waals surface area contributed by atoms with Crippen LogP contribution in [0.2, 0.25) is 15.1 Å². The number of hydrogen-bond acceptors (Lipinski definition) is 3. The molecule has 0 atom stereocenters. The van der Waals surface area contributed by atoms with Crippen molar-refractivity contribution >= 4 is 52.2 Å². The van der Waals surface area contributed by atoms with Crippen molar-refractivity contribution in [2.24, 2.45) is 0 Å². The first kappa shape index (κ1) is 18.6. The standard InChI is InChI=1S/C17H14Cl3NO3/c1-24-16-6-2-10(18)8-12(16)15(22)5-7-17(23)21-11-3-4-13(19)14(20)9-11/h2-4,6,8-9H,5,7H2,1H3,(H,21,23). The fourth-order valence-electron chi connectivity index (χ4n) is 2.06. The first-order valence-electron chi connectivity index (χ1n) is 7.02. The van der Waals surface area contributed by atoms with Crippen molar-refractivity contribution in [2.45, 2.75) is 12.8 Å². The number of ether oxygens (including phenoxy) is 1. The Hall–Kier alpha value is -1.75. The van der Waals surface area contributed by atoms with Gasteiger partial charge < -0.3 is 10.1 Å². The summed E-state index contributed by atoms with van der Waals surface area (Å²) in [5.41, 5.74) is 0.870. The van der Waals surface area contributed by atoms with E-state index in [1.807, 2.05) is 0 Å². The number of rotatable bonds is 6. The average Bonchev–Trinajstić information content (AvgIpc) is 2.56. The summed E-state index contributed by atoms with van der Waals surface area (Å²) in [6.45, 7) is 0. The Balaban J connectivity index is 1.97. The molecule has 0 spiro atoms. The first-order valence-corrected chi connectivity index (χ1v) is 8.15. The quantitative estimate of drug-likeness (QED) is 0.689. The highest BCUT2D eigenvalue weighted by Gasteiger charge is 2.15. The number of amides is 1. The number of carbonyl (C=O) groups excluding carboxylic acids is 2. The summed E-state index contributed by atoms with van der Waals surface area (Å²) in [5.74, 6) is -0.101. The lowest BCUT2D eigenvalue weighted by atomic mass is 10.1. The molecule has 0 aliphatic heterocycles. The molecule has 126 valence electrons. The molecule has 1 amide bonds. The van der Waals surface area contributed by atoms with Crippen LogP contribution in [0.25, 0.3) is 0 Å². The average molecular weight is 387 g/mol. The minimum atomic E-state index is -0.303. The van der Waals surface area contributed by atoms with Crippen LogP contribution in [-0.2, 0) is 4.79 Å². The predicted octanol–water partition coefficient (Wildman–Crippen LogP) is 5.26. The number of Topliss-reactive ketones (excluding diaryl/α,β-unsaturated/α-hetero) is 1. The van der Waals surface area contributed by atoms with E-state index in [1.54, 1.807) is 30.3 Å². The van der Waals surface area contributed by atoms with Gasteiger partial charge in [0.25, 0.3) is 0 Å². The Morgan fingerprint density at radius 1 is 1.00 bits per heavy atom. The van der Waals surface area contributed by atoms with Gasteiger partial charge in [-0.2, -0.15) is 0 Å². The zero-order valence-electron chi connectivity index (χ0n) is 12.7. The molecule has 0 saturated heterocycles. The minimum Gasteiger partial charge on any atom is -0.496 e. The lowest BCUT2D eigenvalue weighted by molar-refractivity contribution is -0.116. The molecule has 24 heavy (non-hydrogen) atoms. The van der Waals surface area contributed by atoms with Crippen molar-refractivity contribution in [3.63, 3.8) is 0 Å². The van der Waals surface area contributed by atoms with Crippen molar-refractivity contribution in [3.05, 3.63) is 57.0 Å². The SMILES string of the molecule is COc1ccc(Cl)cc1C(=O)CCC(=O)Nc1ccc(Cl)c(Cl)c1. The summed E-state index contributed by atoms with van der Waals surface area (Å²) in [4.78, 5) is 24.2. The molecule has 0 aliphatic rings. The van der Waals surface area contributed by atoms with E-state index in [9.17, 15) is 9.59 Å². The zero-order chi connectivity index (χ0) is 17.7. The Morgan fingerprint density at radius 3 is 2.42 bits per heavy atom. The van der Waals surface area contributed by atoms with Crippen molar-refractivity contribution < 1.29 is 14.3 Å². The topological polar surface area (TPSA) is 55.4 Å². The molecular weight excluding hydrogens is 373 g/mol. The van der Waals surface area contributed by atoms with E-state index in [0.29, 0.717) is 32.1 Å². The number of halogens is 3. The summed E-state index contributed by atoms with van der Waals surface area (Å²) < 4.78 is 5.14. The van der Waals surface area contributed by atoms with Crippen LogP contribution in [0.1, 0.15) is 23.2 Å². The smallest absolute Gasteiger partial charge is 0.224 e. The maximum Gasteiger partial charge on any atom is 0.224 e. The number of benzene rings is 2. The molecule has 0 radical (unpaired) electrons. The van der Waals surface area contributed by atoms with Gasteiger partial charge in [0.2, 0.25) is 5.91 Å². The molecule has 4 nitrogen and oxygen atoms in total. The number of nitrogens with one attached hydrogen (secondary N) is 1. The van der Waals surface area contributed by atoms with Gasteiger partial charge in [-0.1, -0.05) is 34.8 Å². The second-order valence-electron chi connectivity index (χ2n) is 4.94. The maximum absolute atomic E-state index is 12.3. The summed E-state index contributed by atoms with van der Waals surface area (Å²) in [5, 5.41) is 3.84. The van der Waals surface area contributed by atoms with Gasteiger partial charge in [0, 0.05) is 23.6 Å². The molecule has 2 rings (SSSR count). The van der Waals surface area contributed by atoms with Crippen LogP contribution in [0.4, 0.5) is 5.69 Å². The molecule has 0 bridgehead atoms. The molecule has 2 aromatic rings. The minimum absolute atomic E-state index is 0.0226. The van der Waals surface area contributed by atoms with Gasteiger partial charge in [-0.3, -0.25) is 9.59 Å². The van der Waals surface area contributed by atoms with Crippen LogP contribution in [0.15, 0.2) is 36.4 Å². The van der Waals surface area contributed by atoms with Gasteiger partial charge in [-0.05, 0) is 36.4 Å². The van der Waals surface area contributed by atoms with E-state index in [4.69, 9.17) is 39.5 Å². The number of anilines is 1. The van der Waals surface area contributed by atoms with Gasteiger partial charge >= 0.3 is 0 Å². The molecule has 1 N–H and O–H groups in total. The molecule has 0 fully saturated rings. The molecule has 0 aromatic heterocycles. The lowest BCUT2D eigenvalue weighted by Crippen LogP contribution is -2.13. The van der Waals surface area contributed by atoms with E-state index in [2.05, 4.69) is 5.32 Å². The summed E-state index contributed by atoms with van der Waals surface area (Å²) in [6.07, 6.45) is 0.0542. The van der Waals surface area contributed by atoms with Crippen LogP contribution >= 0.6 is 34.8 Å². The molecule has 0 aliphatic carbocycles. The molecule has 0 heterocycles. The lowest BCUT2D eigenvalue weighted by Gasteiger charge is -2.09. The van der Waals surface area contributed by atoms with Crippen LogP contribution in [0.5, 0.6) is 5.75 Å². The number of methoxy groups -OCH3 is 1. The molecule has 0 saturated carbocycles. The zero-order valence-corrected chi connectivity index (χ0v) is 15.0. The predicted molar refractivity (Wildman–Crippen MR) is 96.7 cm³/mol. The summed E-state index contributed by atoms with van der Waals surface area (Å²) >= 11 is 17.6. The van der Waals surface area contributed by atoms with Crippen LogP contribution < -0.4 is 10.1 Å². The normalized spacial score (nSPS) is 10.3. The Labute approximate surface area is 154 Å². The molecule has 2 aromatic carbocycles. The molecular formula is C17H14Cl3NO3. The van der Waals surface area contributed by atoms with Crippen molar-refractivity contribution in [1.82, 2.24) is 0 Å². The van der Waals surface area contributed by atoms with Gasteiger partial charge in [-0.15, -0.1) is 0 Å². The third kappa shape index (κ3) is 4.87. The van der Waals surface area contributed by atoms with Gasteiger partial charge in [-0.25, -0.2) is 0 Å². The highest BCUT2D eigenvalue weighted by molar-refractivity contribution is 6.42. The van der Waals surface area contributed by atoms with E-state index in [0.717, 1.165) is 0 Å². The third-order valence-electron chi connectivity index (χ3n) is 3.24. The van der Waals surface area contributed by atoms with Crippen LogP contribution in [0.3, 0.4) is 0 Å². The number of hydrogen-bond donors (Lipinski definition) is 1. The van der Waals surface area contributed by atoms with Crippen molar-refractivity contribution in [3.8, 4) is 5.75 Å². The fraction of sp³-hybridized carbons (Fsp3) is 0.176. The van der Waals surface area contributed by atoms with Crippen molar-refractivity contribution in [2.75, 3.05) is 12.4 Å². The third-order valence-corrected chi connectivity index (χ3v) is 4.22. The van der Waals surface area contributed by atoms with E-state index in [-0.39, 0.29) is 24.5 Å². The second-order valence-corrected chi connectivity index (χ2v) is 6.20. The highest BCUT2D eigenvalue weighted by Crippen LogP contribution is 2.26. The number of carbonyl (C=O) groups is 2. The highest BCUT2D eigenvalue weighted by atomic mass is 35.5. The van der Waals surface area contributed by atoms with E-state index in [1.165, 1.54) is 13.2 Å². The number of ketones is 1. The Kier molecular flexibility index (Phi) is 6.49. The maximum atomic E-state index is 12.3. The molecule has 7 heteroatoms. The Morgan fingerprint density at radius 2 is 1.75 bits per heavy atom.